The standard InChI is InChI=1S/C6H5IO4S/c8-12(9,10)11-7-6-4-2-1-3-5-6/h1-5H/p+1. The van der Waals surface area contributed by atoms with Crippen molar-refractivity contribution in [2.45, 2.75) is 0 Å². The van der Waals surface area contributed by atoms with Gasteiger partial charge in [-0.25, -0.2) is 0 Å². The summed E-state index contributed by atoms with van der Waals surface area (Å²) in [5.74, 6) is 0. The van der Waals surface area contributed by atoms with Crippen LogP contribution in [0.15, 0.2) is 30.3 Å². The molecule has 66 valence electrons. The molecule has 0 atom stereocenters. The highest BCUT2D eigenvalue weighted by molar-refractivity contribution is 7.80. The minimum absolute atomic E-state index is 0.800. The molecule has 1 aromatic rings. The molecule has 4 nitrogen and oxygen atoms in total. The average Bonchev–Trinajstić information content (AvgIpc) is 2.02. The summed E-state index contributed by atoms with van der Waals surface area (Å²) in [7, 11) is -4.27. The molecule has 0 fully saturated rings. The maximum atomic E-state index is 10.2. The van der Waals surface area contributed by atoms with E-state index in [0.29, 0.717) is 0 Å². The third-order valence-electron chi connectivity index (χ3n) is 0.933. The molecule has 0 saturated heterocycles. The summed E-state index contributed by atoms with van der Waals surface area (Å²) >= 11 is -1.10. The first-order chi connectivity index (χ1) is 5.58. The van der Waals surface area contributed by atoms with Gasteiger partial charge in [0.2, 0.25) is 3.57 Å². The van der Waals surface area contributed by atoms with Crippen LogP contribution < -0.4 is 21.6 Å². The van der Waals surface area contributed by atoms with E-state index in [-0.39, 0.29) is 0 Å². The second kappa shape index (κ2) is 4.17. The molecule has 0 spiro atoms. The van der Waals surface area contributed by atoms with Gasteiger partial charge in [0, 0.05) is 2.51 Å². The summed E-state index contributed by atoms with van der Waals surface area (Å²) in [5, 5.41) is 0. The minimum atomic E-state index is -4.27. The van der Waals surface area contributed by atoms with Crippen molar-refractivity contribution >= 4 is 10.4 Å². The van der Waals surface area contributed by atoms with Gasteiger partial charge in [0.25, 0.3) is 0 Å². The van der Waals surface area contributed by atoms with E-state index in [2.05, 4.69) is 2.51 Å². The summed E-state index contributed by atoms with van der Waals surface area (Å²) in [6, 6.07) is 8.88. The topological polar surface area (TPSA) is 63.6 Å². The summed E-state index contributed by atoms with van der Waals surface area (Å²) in [5.41, 5.74) is 0. The van der Waals surface area contributed by atoms with Gasteiger partial charge in [0.1, 0.15) is 0 Å². The zero-order valence-electron chi connectivity index (χ0n) is 5.84. The second-order valence-electron chi connectivity index (χ2n) is 1.86. The van der Waals surface area contributed by atoms with Gasteiger partial charge < -0.3 is 0 Å². The van der Waals surface area contributed by atoms with Crippen molar-refractivity contribution in [2.24, 2.45) is 0 Å². The van der Waals surface area contributed by atoms with E-state index in [0.717, 1.165) is 3.57 Å². The van der Waals surface area contributed by atoms with Gasteiger partial charge >= 0.3 is 32.0 Å². The zero-order valence-corrected chi connectivity index (χ0v) is 8.82. The molecule has 0 unspecified atom stereocenters. The Kier molecular flexibility index (Phi) is 3.44. The average molecular weight is 301 g/mol. The minimum Gasteiger partial charge on any atom is -0.261 e. The fourth-order valence-electron chi connectivity index (χ4n) is 0.542. The second-order valence-corrected chi connectivity index (χ2v) is 5.61. The van der Waals surface area contributed by atoms with E-state index in [1.165, 1.54) is 0 Å². The maximum absolute atomic E-state index is 10.2. The van der Waals surface area contributed by atoms with Gasteiger partial charge in [-0.1, -0.05) is 18.2 Å². The predicted molar refractivity (Wildman–Crippen MR) is 37.8 cm³/mol. The molecular weight excluding hydrogens is 295 g/mol. The van der Waals surface area contributed by atoms with Crippen LogP contribution in [-0.4, -0.2) is 13.0 Å². The SMILES string of the molecule is O=S(=O)(O)O[I+]c1ccccc1. The van der Waals surface area contributed by atoms with Crippen molar-refractivity contribution in [1.29, 1.82) is 0 Å². The Labute approximate surface area is 81.3 Å². The first-order valence-electron chi connectivity index (χ1n) is 2.94. The number of hydrogen-bond donors (Lipinski definition) is 1. The molecule has 0 bridgehead atoms. The molecule has 1 rings (SSSR count). The Morgan fingerprint density at radius 3 is 2.33 bits per heavy atom. The van der Waals surface area contributed by atoms with Crippen LogP contribution in [0.25, 0.3) is 0 Å². The van der Waals surface area contributed by atoms with Gasteiger partial charge in [-0.2, -0.15) is 8.42 Å². The molecule has 12 heavy (non-hydrogen) atoms. The lowest BCUT2D eigenvalue weighted by Crippen LogP contribution is -3.62. The first-order valence-corrected chi connectivity index (χ1v) is 6.26. The third kappa shape index (κ3) is 4.00. The molecule has 0 aliphatic heterocycles. The quantitative estimate of drug-likeness (QED) is 0.503. The van der Waals surface area contributed by atoms with Crippen LogP contribution in [-0.2, 0) is 12.9 Å². The highest BCUT2D eigenvalue weighted by atomic mass is 127. The predicted octanol–water partition coefficient (Wildman–Crippen LogP) is -2.32. The van der Waals surface area contributed by atoms with Crippen molar-refractivity contribution in [1.82, 2.24) is 0 Å². The molecule has 0 heterocycles. The molecule has 0 saturated carbocycles. The monoisotopic (exact) mass is 301 g/mol. The van der Waals surface area contributed by atoms with Gasteiger partial charge in [-0.3, -0.25) is 4.55 Å². The molecule has 1 N–H and O–H groups in total. The van der Waals surface area contributed by atoms with Crippen LogP contribution >= 0.6 is 0 Å². The van der Waals surface area contributed by atoms with E-state index >= 15 is 0 Å². The van der Waals surface area contributed by atoms with Crippen molar-refractivity contribution in [3.8, 4) is 0 Å². The smallest absolute Gasteiger partial charge is 0.261 e. The highest BCUT2D eigenvalue weighted by Crippen LogP contribution is 1.82. The number of halogens is 1. The van der Waals surface area contributed by atoms with E-state index in [1.807, 2.05) is 6.07 Å². The summed E-state index contributed by atoms with van der Waals surface area (Å²) in [6.07, 6.45) is 0. The van der Waals surface area contributed by atoms with Crippen LogP contribution in [0.4, 0.5) is 0 Å². The molecule has 0 aliphatic carbocycles. The maximum Gasteiger partial charge on any atom is 0.542 e. The lowest BCUT2D eigenvalue weighted by Gasteiger charge is -1.81. The fraction of sp³-hybridized carbons (Fsp3) is 0. The van der Waals surface area contributed by atoms with Crippen LogP contribution in [0.3, 0.4) is 0 Å². The van der Waals surface area contributed by atoms with Crippen molar-refractivity contribution < 1.29 is 37.1 Å². The number of rotatable bonds is 3. The van der Waals surface area contributed by atoms with Crippen LogP contribution in [0.1, 0.15) is 0 Å². The Balaban J connectivity index is 2.56. The van der Waals surface area contributed by atoms with Crippen LogP contribution in [0, 0.1) is 3.57 Å². The van der Waals surface area contributed by atoms with Crippen LogP contribution in [0.2, 0.25) is 0 Å². The molecule has 1 aromatic carbocycles. The summed E-state index contributed by atoms with van der Waals surface area (Å²) < 4.78 is 33.6. The van der Waals surface area contributed by atoms with Crippen LogP contribution in [0.5, 0.6) is 0 Å². The van der Waals surface area contributed by atoms with Crippen molar-refractivity contribution in [3.05, 3.63) is 33.9 Å². The van der Waals surface area contributed by atoms with E-state index in [4.69, 9.17) is 4.55 Å². The summed E-state index contributed by atoms with van der Waals surface area (Å²) in [4.78, 5) is 0. The Morgan fingerprint density at radius 2 is 1.83 bits per heavy atom. The van der Waals surface area contributed by atoms with Gasteiger partial charge in [0.15, 0.2) is 0 Å². The summed E-state index contributed by atoms with van der Waals surface area (Å²) in [6.45, 7) is 0. The molecule has 6 heteroatoms. The normalized spacial score (nSPS) is 11.4. The van der Waals surface area contributed by atoms with Gasteiger partial charge in [-0.05, 0) is 12.1 Å². The third-order valence-corrected chi connectivity index (χ3v) is 4.29. The molecular formula is C6H6IO4S+. The van der Waals surface area contributed by atoms with Gasteiger partial charge in [0.05, 0.1) is 0 Å². The first kappa shape index (κ1) is 9.90. The lowest BCUT2D eigenvalue weighted by atomic mass is 10.4. The van der Waals surface area contributed by atoms with E-state index in [1.54, 1.807) is 24.3 Å². The number of benzene rings is 1. The fourth-order valence-corrected chi connectivity index (χ4v) is 2.71. The molecule has 0 radical (unpaired) electrons. The zero-order chi connectivity index (χ0) is 9.03. The van der Waals surface area contributed by atoms with Gasteiger partial charge in [-0.15, -0.1) is 0 Å². The van der Waals surface area contributed by atoms with Crippen molar-refractivity contribution in [3.63, 3.8) is 0 Å². The Morgan fingerprint density at radius 1 is 1.25 bits per heavy atom. The highest BCUT2D eigenvalue weighted by Gasteiger charge is 2.22. The molecule has 0 aliphatic rings. The molecule has 0 amide bonds. The Hall–Kier alpha value is -0.180. The number of hydrogen-bond acceptors (Lipinski definition) is 3. The Bertz CT molecular complexity index is 334. The van der Waals surface area contributed by atoms with E-state index < -0.39 is 32.0 Å². The largest absolute Gasteiger partial charge is 0.542 e. The lowest BCUT2D eigenvalue weighted by molar-refractivity contribution is -0.838. The van der Waals surface area contributed by atoms with E-state index in [9.17, 15) is 8.42 Å². The molecule has 0 aromatic heterocycles. The van der Waals surface area contributed by atoms with Crippen molar-refractivity contribution in [2.75, 3.05) is 0 Å².